The molecule has 1 heterocycles. The fourth-order valence-electron chi connectivity index (χ4n) is 2.61. The first kappa shape index (κ1) is 15.0. The maximum atomic E-state index is 12.7. The smallest absolute Gasteiger partial charge is 0.232 e. The summed E-state index contributed by atoms with van der Waals surface area (Å²) in [6, 6.07) is 7.93. The Morgan fingerprint density at radius 2 is 2.10 bits per heavy atom. The van der Waals surface area contributed by atoms with Crippen LogP contribution in [-0.2, 0) is 16.1 Å². The van der Waals surface area contributed by atoms with Crippen molar-refractivity contribution in [3.05, 3.63) is 29.8 Å². The van der Waals surface area contributed by atoms with Crippen molar-refractivity contribution in [2.24, 2.45) is 11.7 Å². The van der Waals surface area contributed by atoms with Gasteiger partial charge in [0.2, 0.25) is 5.91 Å². The van der Waals surface area contributed by atoms with Gasteiger partial charge in [0.1, 0.15) is 0 Å². The molecule has 0 radical (unpaired) electrons. The minimum Gasteiger partial charge on any atom is -0.378 e. The number of benzene rings is 1. The number of hydrogen-bond donors (Lipinski definition) is 1. The molecule has 1 aromatic rings. The molecule has 1 aromatic carbocycles. The van der Waals surface area contributed by atoms with Crippen molar-refractivity contribution in [3.63, 3.8) is 0 Å². The number of ether oxygens (including phenoxy) is 1. The van der Waals surface area contributed by atoms with E-state index in [-0.39, 0.29) is 17.9 Å². The molecule has 0 bridgehead atoms. The van der Waals surface area contributed by atoms with Crippen molar-refractivity contribution in [1.29, 1.82) is 0 Å². The van der Waals surface area contributed by atoms with Crippen LogP contribution in [0.3, 0.4) is 0 Å². The van der Waals surface area contributed by atoms with Crippen LogP contribution in [0.25, 0.3) is 0 Å². The van der Waals surface area contributed by atoms with Crippen molar-refractivity contribution < 1.29 is 9.53 Å². The predicted molar refractivity (Wildman–Crippen MR) is 80.5 cm³/mol. The number of carbonyl (C=O) groups excluding carboxylic acids is 1. The summed E-state index contributed by atoms with van der Waals surface area (Å²) in [4.78, 5) is 14.5. The Balaban J connectivity index is 2.14. The lowest BCUT2D eigenvalue weighted by atomic mass is 10.0. The molecule has 2 atom stereocenters. The lowest BCUT2D eigenvalue weighted by Crippen LogP contribution is -2.37. The van der Waals surface area contributed by atoms with E-state index < -0.39 is 0 Å². The molecule has 0 aromatic heterocycles. The highest BCUT2D eigenvalue weighted by atomic mass is 16.5. The van der Waals surface area contributed by atoms with E-state index in [0.717, 1.165) is 30.6 Å². The first-order valence-corrected chi connectivity index (χ1v) is 7.37. The van der Waals surface area contributed by atoms with Gasteiger partial charge in [-0.25, -0.2) is 0 Å². The van der Waals surface area contributed by atoms with E-state index in [9.17, 15) is 4.79 Å². The first-order chi connectivity index (χ1) is 9.65. The highest BCUT2D eigenvalue weighted by Gasteiger charge is 2.31. The predicted octanol–water partition coefficient (Wildman–Crippen LogP) is 2.31. The molecule has 110 valence electrons. The standard InChI is InChI=1S/C16H24N2O2/c1-3-8-18(15-6-4-13(10-17)5-7-15)16(19)14-9-12(2)20-11-14/h4-7,12,14H,3,8-11,17H2,1-2H3. The Labute approximate surface area is 120 Å². The number of anilines is 1. The molecule has 1 aliphatic heterocycles. The summed E-state index contributed by atoms with van der Waals surface area (Å²) < 4.78 is 5.52. The number of rotatable bonds is 5. The van der Waals surface area contributed by atoms with Crippen molar-refractivity contribution >= 4 is 11.6 Å². The molecule has 20 heavy (non-hydrogen) atoms. The van der Waals surface area contributed by atoms with Gasteiger partial charge in [-0.2, -0.15) is 0 Å². The summed E-state index contributed by atoms with van der Waals surface area (Å²) in [6.45, 7) is 5.92. The summed E-state index contributed by atoms with van der Waals surface area (Å²) >= 11 is 0. The number of carbonyl (C=O) groups is 1. The second-order valence-corrected chi connectivity index (χ2v) is 5.44. The molecule has 0 spiro atoms. The van der Waals surface area contributed by atoms with Crippen molar-refractivity contribution in [2.75, 3.05) is 18.1 Å². The molecule has 2 rings (SSSR count). The van der Waals surface area contributed by atoms with Gasteiger partial charge in [0.15, 0.2) is 0 Å². The van der Waals surface area contributed by atoms with Crippen LogP contribution in [0.4, 0.5) is 5.69 Å². The van der Waals surface area contributed by atoms with Gasteiger partial charge < -0.3 is 15.4 Å². The summed E-state index contributed by atoms with van der Waals surface area (Å²) in [5.74, 6) is 0.169. The van der Waals surface area contributed by atoms with Crippen LogP contribution in [0.2, 0.25) is 0 Å². The molecular formula is C16H24N2O2. The van der Waals surface area contributed by atoms with E-state index in [0.29, 0.717) is 13.2 Å². The quantitative estimate of drug-likeness (QED) is 0.898. The molecule has 2 N–H and O–H groups in total. The van der Waals surface area contributed by atoms with Gasteiger partial charge in [-0.15, -0.1) is 0 Å². The van der Waals surface area contributed by atoms with Crippen LogP contribution >= 0.6 is 0 Å². The average molecular weight is 276 g/mol. The van der Waals surface area contributed by atoms with Crippen LogP contribution in [0.1, 0.15) is 32.3 Å². The van der Waals surface area contributed by atoms with Gasteiger partial charge in [-0.3, -0.25) is 4.79 Å². The molecule has 1 saturated heterocycles. The van der Waals surface area contributed by atoms with Crippen LogP contribution in [0.15, 0.2) is 24.3 Å². The van der Waals surface area contributed by atoms with Crippen molar-refractivity contribution in [1.82, 2.24) is 0 Å². The van der Waals surface area contributed by atoms with Gasteiger partial charge in [0.05, 0.1) is 18.6 Å². The Bertz CT molecular complexity index is 444. The largest absolute Gasteiger partial charge is 0.378 e. The third-order valence-corrected chi connectivity index (χ3v) is 3.74. The lowest BCUT2D eigenvalue weighted by Gasteiger charge is -2.25. The highest BCUT2D eigenvalue weighted by molar-refractivity contribution is 5.95. The molecule has 4 heteroatoms. The number of amides is 1. The normalized spacial score (nSPS) is 21.9. The third kappa shape index (κ3) is 3.38. The minimum atomic E-state index is -0.00858. The van der Waals surface area contributed by atoms with Gasteiger partial charge in [-0.1, -0.05) is 19.1 Å². The first-order valence-electron chi connectivity index (χ1n) is 7.37. The van der Waals surface area contributed by atoms with E-state index in [1.165, 1.54) is 0 Å². The fraction of sp³-hybridized carbons (Fsp3) is 0.562. The second-order valence-electron chi connectivity index (χ2n) is 5.44. The zero-order valence-electron chi connectivity index (χ0n) is 12.3. The molecule has 2 unspecified atom stereocenters. The average Bonchev–Trinajstić information content (AvgIpc) is 2.91. The molecule has 1 amide bonds. The summed E-state index contributed by atoms with van der Waals surface area (Å²) in [7, 11) is 0. The Morgan fingerprint density at radius 1 is 1.40 bits per heavy atom. The van der Waals surface area contributed by atoms with E-state index in [1.807, 2.05) is 36.1 Å². The summed E-state index contributed by atoms with van der Waals surface area (Å²) in [6.07, 6.45) is 1.94. The topological polar surface area (TPSA) is 55.6 Å². The highest BCUT2D eigenvalue weighted by Crippen LogP contribution is 2.25. The molecule has 0 aliphatic carbocycles. The molecule has 1 aliphatic rings. The van der Waals surface area contributed by atoms with Crippen LogP contribution in [-0.4, -0.2) is 25.2 Å². The van der Waals surface area contributed by atoms with Crippen LogP contribution in [0, 0.1) is 5.92 Å². The zero-order valence-corrected chi connectivity index (χ0v) is 12.3. The molecular weight excluding hydrogens is 252 g/mol. The van der Waals surface area contributed by atoms with Gasteiger partial charge in [-0.05, 0) is 37.5 Å². The number of hydrogen-bond acceptors (Lipinski definition) is 3. The monoisotopic (exact) mass is 276 g/mol. The van der Waals surface area contributed by atoms with Crippen LogP contribution < -0.4 is 10.6 Å². The third-order valence-electron chi connectivity index (χ3n) is 3.74. The molecule has 1 fully saturated rings. The van der Waals surface area contributed by atoms with E-state index in [1.54, 1.807) is 0 Å². The Hall–Kier alpha value is -1.39. The van der Waals surface area contributed by atoms with Gasteiger partial charge in [0.25, 0.3) is 0 Å². The summed E-state index contributed by atoms with van der Waals surface area (Å²) in [5.41, 5.74) is 7.64. The van der Waals surface area contributed by atoms with Crippen molar-refractivity contribution in [3.8, 4) is 0 Å². The minimum absolute atomic E-state index is 0.00858. The number of nitrogens with zero attached hydrogens (tertiary/aromatic N) is 1. The fourth-order valence-corrected chi connectivity index (χ4v) is 2.61. The van der Waals surface area contributed by atoms with E-state index in [2.05, 4.69) is 6.92 Å². The lowest BCUT2D eigenvalue weighted by molar-refractivity contribution is -0.122. The zero-order chi connectivity index (χ0) is 14.5. The number of nitrogens with two attached hydrogens (primary N) is 1. The second kappa shape index (κ2) is 6.86. The van der Waals surface area contributed by atoms with Crippen LogP contribution in [0.5, 0.6) is 0 Å². The van der Waals surface area contributed by atoms with E-state index >= 15 is 0 Å². The van der Waals surface area contributed by atoms with Crippen molar-refractivity contribution in [2.45, 2.75) is 39.3 Å². The Morgan fingerprint density at radius 3 is 2.60 bits per heavy atom. The van der Waals surface area contributed by atoms with Gasteiger partial charge >= 0.3 is 0 Å². The Kier molecular flexibility index (Phi) is 5.15. The maximum Gasteiger partial charge on any atom is 0.232 e. The SMILES string of the molecule is CCCN(C(=O)C1COC(C)C1)c1ccc(CN)cc1. The maximum absolute atomic E-state index is 12.7. The van der Waals surface area contributed by atoms with Gasteiger partial charge in [0, 0.05) is 18.8 Å². The van der Waals surface area contributed by atoms with E-state index in [4.69, 9.17) is 10.5 Å². The summed E-state index contributed by atoms with van der Waals surface area (Å²) in [5, 5.41) is 0. The molecule has 0 saturated carbocycles. The molecule has 4 nitrogen and oxygen atoms in total.